The SMILES string of the molecule is COc1ccc([C@H]2O[C@@H](COc3ccccc3)CN(C(=O)c3ccccc3)O2)cc1OC. The zero-order valence-corrected chi connectivity index (χ0v) is 18.0. The quantitative estimate of drug-likeness (QED) is 0.553. The second-order valence-electron chi connectivity index (χ2n) is 7.17. The van der Waals surface area contributed by atoms with Crippen molar-refractivity contribution in [2.24, 2.45) is 0 Å². The van der Waals surface area contributed by atoms with Crippen LogP contribution in [0.5, 0.6) is 17.2 Å². The van der Waals surface area contributed by atoms with Gasteiger partial charge in [0.15, 0.2) is 11.5 Å². The van der Waals surface area contributed by atoms with Crippen LogP contribution in [0.25, 0.3) is 0 Å². The smallest absolute Gasteiger partial charge is 0.277 e. The van der Waals surface area contributed by atoms with E-state index in [4.69, 9.17) is 23.8 Å². The summed E-state index contributed by atoms with van der Waals surface area (Å²) in [6.07, 6.45) is -1.23. The topological polar surface area (TPSA) is 66.5 Å². The predicted octanol–water partition coefficient (Wildman–Crippen LogP) is 4.25. The molecule has 0 aliphatic carbocycles. The Balaban J connectivity index is 1.57. The molecule has 0 aromatic heterocycles. The number of carbonyl (C=O) groups is 1. The van der Waals surface area contributed by atoms with E-state index in [0.29, 0.717) is 22.6 Å². The molecule has 0 N–H and O–H groups in total. The maximum Gasteiger partial charge on any atom is 0.277 e. The number of hydrogen-bond acceptors (Lipinski definition) is 6. The van der Waals surface area contributed by atoms with Crippen molar-refractivity contribution in [2.75, 3.05) is 27.4 Å². The van der Waals surface area contributed by atoms with Gasteiger partial charge in [-0.1, -0.05) is 36.4 Å². The Morgan fingerprint density at radius 3 is 2.31 bits per heavy atom. The first-order valence-corrected chi connectivity index (χ1v) is 10.3. The van der Waals surface area contributed by atoms with Gasteiger partial charge in [-0.15, -0.1) is 0 Å². The van der Waals surface area contributed by atoms with E-state index in [-0.39, 0.29) is 19.1 Å². The maximum absolute atomic E-state index is 13.1. The van der Waals surface area contributed by atoms with E-state index in [2.05, 4.69) is 0 Å². The molecule has 0 saturated carbocycles. The lowest BCUT2D eigenvalue weighted by Crippen LogP contribution is -2.47. The van der Waals surface area contributed by atoms with Gasteiger partial charge in [0.1, 0.15) is 18.5 Å². The van der Waals surface area contributed by atoms with Crippen molar-refractivity contribution in [1.29, 1.82) is 0 Å². The van der Waals surface area contributed by atoms with Crippen LogP contribution in [0.3, 0.4) is 0 Å². The summed E-state index contributed by atoms with van der Waals surface area (Å²) in [6.45, 7) is 0.486. The molecule has 1 heterocycles. The molecular formula is C25H25NO6. The summed E-state index contributed by atoms with van der Waals surface area (Å²) in [5.41, 5.74) is 1.22. The molecule has 7 heteroatoms. The molecule has 1 fully saturated rings. The summed E-state index contributed by atoms with van der Waals surface area (Å²) in [4.78, 5) is 19.0. The highest BCUT2D eigenvalue weighted by Gasteiger charge is 2.34. The fourth-order valence-corrected chi connectivity index (χ4v) is 3.38. The number of hydrogen-bond donors (Lipinski definition) is 0. The Kier molecular flexibility index (Phi) is 6.89. The Bertz CT molecular complexity index is 1030. The predicted molar refractivity (Wildman–Crippen MR) is 118 cm³/mol. The number of carbonyl (C=O) groups excluding carboxylic acids is 1. The molecule has 3 aromatic rings. The molecule has 0 spiro atoms. The number of methoxy groups -OCH3 is 2. The summed E-state index contributed by atoms with van der Waals surface area (Å²) in [7, 11) is 3.13. The summed E-state index contributed by atoms with van der Waals surface area (Å²) in [6, 6.07) is 23.8. The number of benzene rings is 3. The van der Waals surface area contributed by atoms with Gasteiger partial charge < -0.3 is 18.9 Å². The Morgan fingerprint density at radius 2 is 1.62 bits per heavy atom. The van der Waals surface area contributed by atoms with Crippen LogP contribution in [0, 0.1) is 0 Å². The molecule has 1 saturated heterocycles. The zero-order chi connectivity index (χ0) is 22.3. The van der Waals surface area contributed by atoms with E-state index in [9.17, 15) is 4.79 Å². The van der Waals surface area contributed by atoms with Gasteiger partial charge in [-0.25, -0.2) is 9.90 Å². The van der Waals surface area contributed by atoms with Crippen molar-refractivity contribution in [2.45, 2.75) is 12.4 Å². The van der Waals surface area contributed by atoms with Gasteiger partial charge in [0.05, 0.1) is 20.8 Å². The average Bonchev–Trinajstić information content (AvgIpc) is 2.87. The van der Waals surface area contributed by atoms with Crippen LogP contribution in [0.4, 0.5) is 0 Å². The summed E-state index contributed by atoms with van der Waals surface area (Å²) < 4.78 is 22.7. The number of amides is 1. The van der Waals surface area contributed by atoms with Crippen LogP contribution >= 0.6 is 0 Å². The highest BCUT2D eigenvalue weighted by molar-refractivity contribution is 5.93. The largest absolute Gasteiger partial charge is 0.493 e. The number of rotatable bonds is 7. The van der Waals surface area contributed by atoms with E-state index in [1.165, 1.54) is 5.06 Å². The molecule has 1 aliphatic heterocycles. The van der Waals surface area contributed by atoms with Crippen molar-refractivity contribution in [3.8, 4) is 17.2 Å². The van der Waals surface area contributed by atoms with Crippen molar-refractivity contribution in [3.05, 3.63) is 90.0 Å². The van der Waals surface area contributed by atoms with Crippen LogP contribution < -0.4 is 14.2 Å². The highest BCUT2D eigenvalue weighted by Crippen LogP contribution is 2.34. The molecule has 32 heavy (non-hydrogen) atoms. The van der Waals surface area contributed by atoms with E-state index in [1.807, 2.05) is 54.6 Å². The van der Waals surface area contributed by atoms with E-state index >= 15 is 0 Å². The van der Waals surface area contributed by atoms with Gasteiger partial charge in [-0.2, -0.15) is 0 Å². The Hall–Kier alpha value is -3.55. The normalized spacial score (nSPS) is 18.1. The number of ether oxygens (including phenoxy) is 4. The summed E-state index contributed by atoms with van der Waals surface area (Å²) in [5, 5.41) is 1.33. The van der Waals surface area contributed by atoms with Crippen molar-refractivity contribution < 1.29 is 28.6 Å². The molecule has 0 bridgehead atoms. The first-order valence-electron chi connectivity index (χ1n) is 10.3. The number of para-hydroxylation sites is 1. The van der Waals surface area contributed by atoms with Crippen molar-refractivity contribution in [1.82, 2.24) is 5.06 Å². The third kappa shape index (κ3) is 5.01. The minimum absolute atomic E-state index is 0.227. The first-order chi connectivity index (χ1) is 15.7. The standard InChI is InChI=1S/C25H25NO6/c1-28-22-14-13-19(15-23(22)29-2)25-31-21(17-30-20-11-7-4-8-12-20)16-26(32-25)24(27)18-9-5-3-6-10-18/h3-15,21,25H,16-17H2,1-2H3/t21-,25+/m1/s1. The van der Waals surface area contributed by atoms with Gasteiger partial charge in [0.25, 0.3) is 5.91 Å². The zero-order valence-electron chi connectivity index (χ0n) is 18.0. The second kappa shape index (κ2) is 10.2. The molecular weight excluding hydrogens is 410 g/mol. The number of hydroxylamine groups is 2. The molecule has 3 aromatic carbocycles. The lowest BCUT2D eigenvalue weighted by atomic mass is 10.1. The fraction of sp³-hybridized carbons (Fsp3) is 0.240. The maximum atomic E-state index is 13.1. The van der Waals surface area contributed by atoms with Gasteiger partial charge >= 0.3 is 0 Å². The molecule has 0 unspecified atom stereocenters. The Morgan fingerprint density at radius 1 is 0.938 bits per heavy atom. The van der Waals surface area contributed by atoms with Crippen LogP contribution in [0.2, 0.25) is 0 Å². The van der Waals surface area contributed by atoms with E-state index < -0.39 is 12.4 Å². The summed E-state index contributed by atoms with van der Waals surface area (Å²) in [5.74, 6) is 1.62. The van der Waals surface area contributed by atoms with E-state index in [1.54, 1.807) is 38.5 Å². The van der Waals surface area contributed by atoms with E-state index in [0.717, 1.165) is 5.75 Å². The summed E-state index contributed by atoms with van der Waals surface area (Å²) >= 11 is 0. The van der Waals surface area contributed by atoms with Crippen LogP contribution in [-0.2, 0) is 9.57 Å². The molecule has 1 amide bonds. The van der Waals surface area contributed by atoms with Crippen molar-refractivity contribution in [3.63, 3.8) is 0 Å². The molecule has 2 atom stereocenters. The van der Waals surface area contributed by atoms with Crippen molar-refractivity contribution >= 4 is 5.91 Å². The molecule has 4 rings (SSSR count). The minimum atomic E-state index is -0.819. The van der Waals surface area contributed by atoms with Gasteiger partial charge in [-0.3, -0.25) is 4.79 Å². The third-order valence-corrected chi connectivity index (χ3v) is 5.01. The van der Waals surface area contributed by atoms with Crippen LogP contribution in [0.15, 0.2) is 78.9 Å². The molecule has 1 aliphatic rings. The fourth-order valence-electron chi connectivity index (χ4n) is 3.38. The van der Waals surface area contributed by atoms with Gasteiger partial charge in [-0.05, 0) is 42.5 Å². The molecule has 166 valence electrons. The lowest BCUT2D eigenvalue weighted by Gasteiger charge is -2.37. The average molecular weight is 435 g/mol. The highest BCUT2D eigenvalue weighted by atomic mass is 16.8. The van der Waals surface area contributed by atoms with Gasteiger partial charge in [0.2, 0.25) is 6.29 Å². The van der Waals surface area contributed by atoms with Gasteiger partial charge in [0, 0.05) is 11.1 Å². The second-order valence-corrected chi connectivity index (χ2v) is 7.17. The molecule has 7 nitrogen and oxygen atoms in total. The van der Waals surface area contributed by atoms with Crippen LogP contribution in [-0.4, -0.2) is 44.4 Å². The lowest BCUT2D eigenvalue weighted by molar-refractivity contribution is -0.325. The first kappa shape index (κ1) is 21.7. The minimum Gasteiger partial charge on any atom is -0.493 e. The molecule has 0 radical (unpaired) electrons. The van der Waals surface area contributed by atoms with Crippen LogP contribution in [0.1, 0.15) is 22.2 Å². The Labute approximate surface area is 187 Å². The monoisotopic (exact) mass is 435 g/mol. The third-order valence-electron chi connectivity index (χ3n) is 5.01. The number of nitrogens with zero attached hydrogens (tertiary/aromatic N) is 1.